The van der Waals surface area contributed by atoms with Gasteiger partial charge < -0.3 is 4.74 Å². The molecule has 4 nitrogen and oxygen atoms in total. The Balaban J connectivity index is 2.83. The van der Waals surface area contributed by atoms with Crippen LogP contribution in [0.15, 0.2) is 0 Å². The maximum absolute atomic E-state index is 11.3. The number of carbonyl (C=O) groups excluding carboxylic acids is 1. The van der Waals surface area contributed by atoms with Crippen LogP contribution in [0.5, 0.6) is 0 Å². The molecule has 1 unspecified atom stereocenters. The zero-order valence-electron chi connectivity index (χ0n) is 8.92. The lowest BCUT2D eigenvalue weighted by molar-refractivity contribution is 0.0525. The van der Waals surface area contributed by atoms with Crippen LogP contribution in [0, 0.1) is 0 Å². The van der Waals surface area contributed by atoms with Crippen molar-refractivity contribution in [2.24, 2.45) is 0 Å². The van der Waals surface area contributed by atoms with Gasteiger partial charge in [-0.15, -0.1) is 10.2 Å². The van der Waals surface area contributed by atoms with Crippen LogP contribution < -0.4 is 0 Å². The van der Waals surface area contributed by atoms with Crippen molar-refractivity contribution in [1.82, 2.24) is 10.2 Å². The number of hydrogen-bond donors (Lipinski definition) is 0. The monoisotopic (exact) mass is 214 g/mol. The Labute approximate surface area is 85.2 Å². The molecule has 0 N–H and O–H groups in total. The molecule has 0 aliphatic heterocycles. The summed E-state index contributed by atoms with van der Waals surface area (Å²) in [5, 5.41) is 7.85. The summed E-state index contributed by atoms with van der Waals surface area (Å²) < 4.78 is 4.85. The van der Waals surface area contributed by atoms with Gasteiger partial charge in [-0.25, -0.2) is 4.79 Å². The predicted molar refractivity (Wildman–Crippen MR) is 56.2 cm³/mol. The van der Waals surface area contributed by atoms with Crippen LogP contribution in [-0.2, 0) is 10.2 Å². The topological polar surface area (TPSA) is 52.1 Å². The molecule has 0 saturated carbocycles. The van der Waals surface area contributed by atoms with Crippen molar-refractivity contribution in [3.05, 3.63) is 10.9 Å². The van der Waals surface area contributed by atoms with Gasteiger partial charge in [0.15, 0.2) is 5.43 Å². The Morgan fingerprint density at radius 2 is 2.07 bits per heavy atom. The lowest BCUT2D eigenvalue weighted by atomic mass is 9.98. The van der Waals surface area contributed by atoms with Crippen LogP contribution in [-0.4, -0.2) is 22.8 Å². The Kier molecular flexibility index (Phi) is 3.27. The van der Waals surface area contributed by atoms with E-state index in [0.29, 0.717) is 12.0 Å². The molecular formula is C9H15N2O2P. The Hall–Kier alpha value is -0.890. The van der Waals surface area contributed by atoms with Crippen molar-refractivity contribution in [3.63, 3.8) is 0 Å². The van der Waals surface area contributed by atoms with Crippen molar-refractivity contribution in [2.45, 2.75) is 33.1 Å². The van der Waals surface area contributed by atoms with Crippen LogP contribution in [0.25, 0.3) is 0 Å². The van der Waals surface area contributed by atoms with E-state index in [9.17, 15) is 4.79 Å². The Morgan fingerprint density at radius 3 is 2.50 bits per heavy atom. The Bertz CT molecular complexity index is 328. The summed E-state index contributed by atoms with van der Waals surface area (Å²) >= 11 is 0. The van der Waals surface area contributed by atoms with Gasteiger partial charge in [-0.1, -0.05) is 29.0 Å². The zero-order chi connectivity index (χ0) is 10.8. The molecule has 0 radical (unpaired) electrons. The molecule has 0 saturated heterocycles. The second-order valence-corrected chi connectivity index (χ2v) is 5.19. The van der Waals surface area contributed by atoms with Crippen molar-refractivity contribution in [3.8, 4) is 0 Å². The molecule has 0 fully saturated rings. The number of aromatic nitrogens is 2. The first kappa shape index (κ1) is 11.2. The number of ether oxygens (including phenoxy) is 1. The van der Waals surface area contributed by atoms with E-state index in [0.717, 1.165) is 5.43 Å². The third-order valence-electron chi connectivity index (χ3n) is 1.67. The predicted octanol–water partition coefficient (Wildman–Crippen LogP) is 1.98. The molecule has 5 heteroatoms. The summed E-state index contributed by atoms with van der Waals surface area (Å²) in [7, 11) is 0.258. The van der Waals surface area contributed by atoms with Gasteiger partial charge in [0.1, 0.15) is 0 Å². The average molecular weight is 214 g/mol. The highest BCUT2D eigenvalue weighted by atomic mass is 31.0. The molecule has 1 atom stereocenters. The highest BCUT2D eigenvalue weighted by molar-refractivity contribution is 7.33. The number of nitrogens with zero attached hydrogens (tertiary/aromatic N) is 2. The normalized spacial score (nSPS) is 12.0. The molecule has 1 aromatic heterocycles. The Morgan fingerprint density at radius 1 is 1.43 bits per heavy atom. The molecular weight excluding hydrogens is 199 g/mol. The van der Waals surface area contributed by atoms with Gasteiger partial charge >= 0.3 is 5.97 Å². The van der Waals surface area contributed by atoms with Gasteiger partial charge in [-0.3, -0.25) is 0 Å². The summed E-state index contributed by atoms with van der Waals surface area (Å²) in [5.41, 5.74) is 1.38. The molecule has 0 aromatic carbocycles. The second-order valence-electron chi connectivity index (χ2n) is 3.99. The lowest BCUT2D eigenvalue weighted by Crippen LogP contribution is -2.09. The van der Waals surface area contributed by atoms with E-state index in [1.54, 1.807) is 6.92 Å². The molecule has 0 aliphatic rings. The van der Waals surface area contributed by atoms with Gasteiger partial charge in [0, 0.05) is 5.41 Å². The minimum absolute atomic E-state index is 0.0177. The maximum Gasteiger partial charge on any atom is 0.362 e. The molecule has 1 aromatic rings. The molecule has 0 amide bonds. The van der Waals surface area contributed by atoms with E-state index < -0.39 is 0 Å². The van der Waals surface area contributed by atoms with Gasteiger partial charge in [0.25, 0.3) is 0 Å². The SMILES string of the molecule is CCOC(=O)c1nnc(C(C)(C)C)[pH]1. The fraction of sp³-hybridized carbons (Fsp3) is 0.667. The highest BCUT2D eigenvalue weighted by Gasteiger charge is 2.20. The maximum atomic E-state index is 11.3. The van der Waals surface area contributed by atoms with Crippen molar-refractivity contribution < 1.29 is 9.53 Å². The minimum atomic E-state index is -0.339. The van der Waals surface area contributed by atoms with Gasteiger partial charge in [-0.2, -0.15) is 0 Å². The van der Waals surface area contributed by atoms with Crippen LogP contribution in [0.2, 0.25) is 0 Å². The molecule has 0 spiro atoms. The van der Waals surface area contributed by atoms with Crippen molar-refractivity contribution in [2.75, 3.05) is 6.61 Å². The van der Waals surface area contributed by atoms with E-state index in [2.05, 4.69) is 31.0 Å². The highest BCUT2D eigenvalue weighted by Crippen LogP contribution is 2.29. The number of carbonyl (C=O) groups is 1. The first-order valence-corrected chi connectivity index (χ1v) is 5.55. The fourth-order valence-corrected chi connectivity index (χ4v) is 1.86. The van der Waals surface area contributed by atoms with Crippen LogP contribution >= 0.6 is 8.19 Å². The van der Waals surface area contributed by atoms with E-state index in [1.165, 1.54) is 0 Å². The van der Waals surface area contributed by atoms with Crippen LogP contribution in [0.1, 0.15) is 43.3 Å². The van der Waals surface area contributed by atoms with E-state index in [-0.39, 0.29) is 19.6 Å². The van der Waals surface area contributed by atoms with E-state index >= 15 is 0 Å². The molecule has 0 bridgehead atoms. The standard InChI is InChI=1S/C9H15N2O2P/c1-5-13-7(12)6-10-11-8(14-6)9(2,3)4/h14H,5H2,1-4H3. The van der Waals surface area contributed by atoms with E-state index in [1.807, 2.05) is 0 Å². The molecule has 14 heavy (non-hydrogen) atoms. The summed E-state index contributed by atoms with van der Waals surface area (Å²) in [4.78, 5) is 11.3. The zero-order valence-corrected chi connectivity index (χ0v) is 9.92. The average Bonchev–Trinajstić information content (AvgIpc) is 2.51. The fourth-order valence-electron chi connectivity index (χ4n) is 0.891. The van der Waals surface area contributed by atoms with Gasteiger partial charge in [0.2, 0.25) is 0 Å². The number of hydrogen-bond acceptors (Lipinski definition) is 4. The lowest BCUT2D eigenvalue weighted by Gasteiger charge is -2.13. The summed E-state index contributed by atoms with van der Waals surface area (Å²) in [5.74, 6) is -0.339. The molecule has 1 rings (SSSR count). The van der Waals surface area contributed by atoms with Gasteiger partial charge in [0.05, 0.1) is 12.0 Å². The van der Waals surface area contributed by atoms with Crippen LogP contribution in [0.4, 0.5) is 0 Å². The molecule has 1 heterocycles. The number of rotatable bonds is 2. The van der Waals surface area contributed by atoms with E-state index in [4.69, 9.17) is 4.74 Å². The third-order valence-corrected chi connectivity index (χ3v) is 3.29. The second kappa shape index (κ2) is 4.09. The van der Waals surface area contributed by atoms with Crippen molar-refractivity contribution >= 4 is 14.2 Å². The summed E-state index contributed by atoms with van der Waals surface area (Å²) in [6, 6.07) is 0. The van der Waals surface area contributed by atoms with Gasteiger partial charge in [-0.05, 0) is 6.92 Å². The largest absolute Gasteiger partial charge is 0.461 e. The third kappa shape index (κ3) is 2.55. The first-order valence-electron chi connectivity index (χ1n) is 4.55. The quantitative estimate of drug-likeness (QED) is 0.706. The summed E-state index contributed by atoms with van der Waals surface area (Å²) in [6.07, 6.45) is 0. The van der Waals surface area contributed by atoms with Crippen molar-refractivity contribution in [1.29, 1.82) is 0 Å². The first-order chi connectivity index (χ1) is 6.45. The summed E-state index contributed by atoms with van der Waals surface area (Å²) in [6.45, 7) is 8.34. The number of esters is 1. The molecule has 78 valence electrons. The smallest absolute Gasteiger partial charge is 0.362 e. The van der Waals surface area contributed by atoms with Crippen LogP contribution in [0.3, 0.4) is 0 Å². The molecule has 0 aliphatic carbocycles. The minimum Gasteiger partial charge on any atom is -0.461 e.